The maximum Gasteiger partial charge on any atom is 0.261 e. The largest absolute Gasteiger partial charge is 0.491 e. The van der Waals surface area contributed by atoms with Crippen LogP contribution >= 0.6 is 0 Å². The van der Waals surface area contributed by atoms with Crippen LogP contribution in [0.25, 0.3) is 0 Å². The zero-order chi connectivity index (χ0) is 18.7. The topological polar surface area (TPSA) is 64.6 Å². The fraction of sp³-hybridized carbons (Fsp3) is 0.429. The van der Waals surface area contributed by atoms with Gasteiger partial charge in [0.05, 0.1) is 16.7 Å². The van der Waals surface area contributed by atoms with E-state index in [9.17, 15) is 8.42 Å². The highest BCUT2D eigenvalue weighted by molar-refractivity contribution is 7.92. The van der Waals surface area contributed by atoms with Crippen LogP contribution in [0.5, 0.6) is 5.75 Å². The van der Waals surface area contributed by atoms with E-state index >= 15 is 0 Å². The van der Waals surface area contributed by atoms with Gasteiger partial charge < -0.3 is 9.47 Å². The zero-order valence-corrected chi connectivity index (χ0v) is 16.1. The third-order valence-corrected chi connectivity index (χ3v) is 6.56. The van der Waals surface area contributed by atoms with Gasteiger partial charge in [0, 0.05) is 12.7 Å². The van der Waals surface area contributed by atoms with E-state index in [0.717, 1.165) is 44.3 Å². The van der Waals surface area contributed by atoms with E-state index in [-0.39, 0.29) is 6.10 Å². The summed E-state index contributed by atoms with van der Waals surface area (Å²) in [5.41, 5.74) is 2.92. The normalized spacial score (nSPS) is 19.5. The molecule has 0 saturated carbocycles. The molecule has 0 unspecified atom stereocenters. The van der Waals surface area contributed by atoms with Crippen molar-refractivity contribution in [2.45, 2.75) is 49.5 Å². The zero-order valence-electron chi connectivity index (χ0n) is 15.3. The molecule has 5 nitrogen and oxygen atoms in total. The summed E-state index contributed by atoms with van der Waals surface area (Å²) in [5, 5.41) is 0. The van der Waals surface area contributed by atoms with Crippen LogP contribution in [0.2, 0.25) is 0 Å². The first kappa shape index (κ1) is 18.3. The van der Waals surface area contributed by atoms with E-state index in [1.54, 1.807) is 24.3 Å². The minimum atomic E-state index is -3.62. The standard InChI is InChI=1S/C21H25NO4S/c23-27(24,21-11-10-16-5-1-2-6-17(16)13-21)22-18-7-3-8-19(14-18)26-15-20-9-4-12-25-20/h3,7-8,10-11,13-14,20,22H,1-2,4-6,9,12,15H2/t20-/m1/s1. The van der Waals surface area contributed by atoms with Gasteiger partial charge in [-0.1, -0.05) is 12.1 Å². The van der Waals surface area contributed by atoms with Gasteiger partial charge in [-0.2, -0.15) is 0 Å². The molecular formula is C21H25NO4S. The molecule has 2 aromatic rings. The van der Waals surface area contributed by atoms with Gasteiger partial charge in [0.25, 0.3) is 10.0 Å². The molecule has 1 atom stereocenters. The van der Waals surface area contributed by atoms with Gasteiger partial charge in [0.1, 0.15) is 12.4 Å². The van der Waals surface area contributed by atoms with Gasteiger partial charge in [0.2, 0.25) is 0 Å². The summed E-state index contributed by atoms with van der Waals surface area (Å²) in [6.07, 6.45) is 6.47. The predicted molar refractivity (Wildman–Crippen MR) is 105 cm³/mol. The lowest BCUT2D eigenvalue weighted by Gasteiger charge is -2.17. The maximum absolute atomic E-state index is 12.8. The first-order valence-electron chi connectivity index (χ1n) is 9.59. The van der Waals surface area contributed by atoms with Crippen molar-refractivity contribution in [1.29, 1.82) is 0 Å². The fourth-order valence-corrected chi connectivity index (χ4v) is 4.81. The third-order valence-electron chi connectivity index (χ3n) is 5.18. The average Bonchev–Trinajstić information content (AvgIpc) is 3.19. The minimum absolute atomic E-state index is 0.126. The second kappa shape index (κ2) is 7.90. The molecule has 0 spiro atoms. The van der Waals surface area contributed by atoms with Crippen molar-refractivity contribution >= 4 is 15.7 Å². The van der Waals surface area contributed by atoms with Gasteiger partial charge in [0.15, 0.2) is 0 Å². The van der Waals surface area contributed by atoms with Crippen molar-refractivity contribution in [2.75, 3.05) is 17.9 Å². The summed E-state index contributed by atoms with van der Waals surface area (Å²) < 4.78 is 39.6. The summed E-state index contributed by atoms with van der Waals surface area (Å²) in [7, 11) is -3.62. The highest BCUT2D eigenvalue weighted by Gasteiger charge is 2.19. The third kappa shape index (κ3) is 4.45. The lowest BCUT2D eigenvalue weighted by molar-refractivity contribution is 0.0680. The Hall–Kier alpha value is -2.05. The van der Waals surface area contributed by atoms with Gasteiger partial charge >= 0.3 is 0 Å². The number of aryl methyl sites for hydroxylation is 2. The highest BCUT2D eigenvalue weighted by Crippen LogP contribution is 2.26. The number of ether oxygens (including phenoxy) is 2. The number of sulfonamides is 1. The number of benzene rings is 2. The van der Waals surface area contributed by atoms with Gasteiger partial charge in [-0.05, 0) is 73.9 Å². The second-order valence-electron chi connectivity index (χ2n) is 7.22. The summed E-state index contributed by atoms with van der Waals surface area (Å²) in [6.45, 7) is 1.27. The van der Waals surface area contributed by atoms with E-state index in [0.29, 0.717) is 22.9 Å². The molecule has 4 rings (SSSR count). The molecule has 2 aromatic carbocycles. The molecule has 1 N–H and O–H groups in total. The maximum atomic E-state index is 12.8. The SMILES string of the molecule is O=S(=O)(Nc1cccc(OC[C@H]2CCCO2)c1)c1ccc2c(c1)CCCC2. The van der Waals surface area contributed by atoms with Gasteiger partial charge in [-0.3, -0.25) is 4.72 Å². The molecule has 2 aliphatic rings. The van der Waals surface area contributed by atoms with Crippen LogP contribution in [-0.4, -0.2) is 27.7 Å². The second-order valence-corrected chi connectivity index (χ2v) is 8.90. The van der Waals surface area contributed by atoms with Crippen LogP contribution < -0.4 is 9.46 Å². The quantitative estimate of drug-likeness (QED) is 0.816. The number of anilines is 1. The molecule has 1 heterocycles. The van der Waals surface area contributed by atoms with Crippen LogP contribution in [0.15, 0.2) is 47.4 Å². The number of rotatable bonds is 6. The number of hydrogen-bond acceptors (Lipinski definition) is 4. The number of fused-ring (bicyclic) bond motifs is 1. The highest BCUT2D eigenvalue weighted by atomic mass is 32.2. The molecular weight excluding hydrogens is 362 g/mol. The molecule has 27 heavy (non-hydrogen) atoms. The summed E-state index contributed by atoms with van der Waals surface area (Å²) in [4.78, 5) is 0.314. The Morgan fingerprint density at radius 1 is 1.04 bits per heavy atom. The molecule has 0 radical (unpaired) electrons. The smallest absolute Gasteiger partial charge is 0.261 e. The lowest BCUT2D eigenvalue weighted by atomic mass is 9.92. The van der Waals surface area contributed by atoms with E-state index < -0.39 is 10.0 Å². The first-order chi connectivity index (χ1) is 13.1. The first-order valence-corrected chi connectivity index (χ1v) is 11.1. The van der Waals surface area contributed by atoms with E-state index in [4.69, 9.17) is 9.47 Å². The Balaban J connectivity index is 1.46. The number of nitrogens with one attached hydrogen (secondary N) is 1. The van der Waals surface area contributed by atoms with Crippen LogP contribution in [0.3, 0.4) is 0 Å². The molecule has 1 aliphatic carbocycles. The molecule has 1 aliphatic heterocycles. The van der Waals surface area contributed by atoms with E-state index in [1.807, 2.05) is 18.2 Å². The van der Waals surface area contributed by atoms with Crippen molar-refractivity contribution < 1.29 is 17.9 Å². The van der Waals surface area contributed by atoms with Crippen LogP contribution in [0.4, 0.5) is 5.69 Å². The molecule has 0 amide bonds. The Kier molecular flexibility index (Phi) is 5.36. The monoisotopic (exact) mass is 387 g/mol. The molecule has 144 valence electrons. The minimum Gasteiger partial charge on any atom is -0.491 e. The molecule has 0 bridgehead atoms. The van der Waals surface area contributed by atoms with Crippen LogP contribution in [-0.2, 0) is 27.6 Å². The fourth-order valence-electron chi connectivity index (χ4n) is 3.71. The number of hydrogen-bond donors (Lipinski definition) is 1. The Morgan fingerprint density at radius 3 is 2.70 bits per heavy atom. The van der Waals surface area contributed by atoms with Crippen molar-refractivity contribution in [3.05, 3.63) is 53.6 Å². The molecule has 1 saturated heterocycles. The van der Waals surface area contributed by atoms with Crippen LogP contribution in [0, 0.1) is 0 Å². The molecule has 1 fully saturated rings. The summed E-state index contributed by atoms with van der Waals surface area (Å²) >= 11 is 0. The Morgan fingerprint density at radius 2 is 1.89 bits per heavy atom. The summed E-state index contributed by atoms with van der Waals surface area (Å²) in [6, 6.07) is 12.5. The Bertz CT molecular complexity index is 904. The van der Waals surface area contributed by atoms with Crippen molar-refractivity contribution in [2.24, 2.45) is 0 Å². The lowest BCUT2D eigenvalue weighted by Crippen LogP contribution is -2.17. The Labute approximate surface area is 160 Å². The van der Waals surface area contributed by atoms with Crippen molar-refractivity contribution in [3.63, 3.8) is 0 Å². The van der Waals surface area contributed by atoms with Gasteiger partial charge in [-0.25, -0.2) is 8.42 Å². The predicted octanol–water partition coefficient (Wildman–Crippen LogP) is 3.92. The van der Waals surface area contributed by atoms with Crippen molar-refractivity contribution in [1.82, 2.24) is 0 Å². The molecule has 6 heteroatoms. The summed E-state index contributed by atoms with van der Waals surface area (Å²) in [5.74, 6) is 0.635. The average molecular weight is 388 g/mol. The van der Waals surface area contributed by atoms with Crippen LogP contribution in [0.1, 0.15) is 36.8 Å². The van der Waals surface area contributed by atoms with E-state index in [2.05, 4.69) is 4.72 Å². The van der Waals surface area contributed by atoms with E-state index in [1.165, 1.54) is 12.0 Å². The molecule has 0 aromatic heterocycles. The van der Waals surface area contributed by atoms with Crippen molar-refractivity contribution in [3.8, 4) is 5.75 Å². The van der Waals surface area contributed by atoms with Gasteiger partial charge in [-0.15, -0.1) is 0 Å².